The van der Waals surface area contributed by atoms with Gasteiger partial charge in [0.15, 0.2) is 0 Å². The monoisotopic (exact) mass is 186 g/mol. The molecule has 0 heterocycles. The van der Waals surface area contributed by atoms with Crippen molar-refractivity contribution in [2.75, 3.05) is 6.61 Å². The fourth-order valence-corrected chi connectivity index (χ4v) is 2.31. The lowest BCUT2D eigenvalue weighted by Crippen LogP contribution is -2.27. The first-order chi connectivity index (χ1) is 6.12. The van der Waals surface area contributed by atoms with E-state index in [9.17, 15) is 9.90 Å². The highest BCUT2D eigenvalue weighted by Crippen LogP contribution is 2.43. The number of aldehydes is 1. The first kappa shape index (κ1) is 10.7. The van der Waals surface area contributed by atoms with Gasteiger partial charge in [-0.1, -0.05) is 6.92 Å². The van der Waals surface area contributed by atoms with Crippen LogP contribution < -0.4 is 0 Å². The molecule has 1 aliphatic carbocycles. The van der Waals surface area contributed by atoms with Crippen LogP contribution in [-0.2, 0) is 4.79 Å². The Balaban J connectivity index is 2.55. The fourth-order valence-electron chi connectivity index (χ4n) is 2.31. The number of aliphatic hydroxyl groups is 2. The molecule has 76 valence electrons. The zero-order valence-corrected chi connectivity index (χ0v) is 8.07. The van der Waals surface area contributed by atoms with Crippen molar-refractivity contribution < 1.29 is 15.0 Å². The van der Waals surface area contributed by atoms with E-state index in [1.807, 2.05) is 0 Å². The van der Waals surface area contributed by atoms with Gasteiger partial charge in [0, 0.05) is 5.41 Å². The van der Waals surface area contributed by atoms with Crippen LogP contribution in [0.1, 0.15) is 32.6 Å². The van der Waals surface area contributed by atoms with Crippen molar-refractivity contribution in [3.8, 4) is 0 Å². The van der Waals surface area contributed by atoms with Gasteiger partial charge in [0.05, 0.1) is 12.7 Å². The van der Waals surface area contributed by atoms with Gasteiger partial charge in [-0.05, 0) is 31.6 Å². The lowest BCUT2D eigenvalue weighted by Gasteiger charge is -2.24. The molecule has 0 aromatic heterocycles. The molecule has 1 aliphatic rings. The molecule has 1 rings (SSSR count). The van der Waals surface area contributed by atoms with Crippen LogP contribution in [0.5, 0.6) is 0 Å². The topological polar surface area (TPSA) is 57.5 Å². The molecule has 0 bridgehead atoms. The second kappa shape index (κ2) is 4.20. The molecule has 13 heavy (non-hydrogen) atoms. The van der Waals surface area contributed by atoms with Gasteiger partial charge < -0.3 is 15.0 Å². The summed E-state index contributed by atoms with van der Waals surface area (Å²) in [7, 11) is 0. The van der Waals surface area contributed by atoms with E-state index >= 15 is 0 Å². The molecule has 0 spiro atoms. The van der Waals surface area contributed by atoms with Crippen LogP contribution in [0.2, 0.25) is 0 Å². The molecule has 3 unspecified atom stereocenters. The highest BCUT2D eigenvalue weighted by atomic mass is 16.3. The molecule has 0 saturated heterocycles. The molecule has 0 amide bonds. The maximum Gasteiger partial charge on any atom is 0.126 e. The normalized spacial score (nSPS) is 36.1. The van der Waals surface area contributed by atoms with Crippen LogP contribution in [0.15, 0.2) is 0 Å². The summed E-state index contributed by atoms with van der Waals surface area (Å²) in [5, 5.41) is 18.0. The van der Waals surface area contributed by atoms with E-state index in [2.05, 4.69) is 6.92 Å². The minimum absolute atomic E-state index is 0.246. The Hall–Kier alpha value is -0.410. The quantitative estimate of drug-likeness (QED) is 0.636. The Morgan fingerprint density at radius 3 is 2.77 bits per heavy atom. The largest absolute Gasteiger partial charge is 0.394 e. The lowest BCUT2D eigenvalue weighted by atomic mass is 9.81. The highest BCUT2D eigenvalue weighted by Gasteiger charge is 2.38. The predicted molar refractivity (Wildman–Crippen MR) is 49.2 cm³/mol. The Morgan fingerprint density at radius 1 is 1.69 bits per heavy atom. The van der Waals surface area contributed by atoms with E-state index in [0.717, 1.165) is 25.5 Å². The summed E-state index contributed by atoms with van der Waals surface area (Å²) in [5.41, 5.74) is -0.360. The van der Waals surface area contributed by atoms with Gasteiger partial charge in [-0.15, -0.1) is 0 Å². The zero-order chi connectivity index (χ0) is 9.90. The van der Waals surface area contributed by atoms with Crippen LogP contribution in [0.4, 0.5) is 0 Å². The van der Waals surface area contributed by atoms with E-state index in [1.165, 1.54) is 0 Å². The number of hydrogen-bond acceptors (Lipinski definition) is 3. The first-order valence-corrected chi connectivity index (χ1v) is 4.87. The SMILES string of the molecule is CC1CCC(C=O)(CC(O)CO)C1. The summed E-state index contributed by atoms with van der Waals surface area (Å²) in [6.07, 6.45) is 3.40. The summed E-state index contributed by atoms with van der Waals surface area (Å²) < 4.78 is 0. The minimum Gasteiger partial charge on any atom is -0.394 e. The molecule has 3 nitrogen and oxygen atoms in total. The molecule has 0 aliphatic heterocycles. The fraction of sp³-hybridized carbons (Fsp3) is 0.900. The van der Waals surface area contributed by atoms with E-state index in [-0.39, 0.29) is 12.0 Å². The van der Waals surface area contributed by atoms with Gasteiger partial charge in [-0.25, -0.2) is 0 Å². The number of rotatable bonds is 4. The Bertz CT molecular complexity index is 181. The first-order valence-electron chi connectivity index (χ1n) is 4.87. The zero-order valence-electron chi connectivity index (χ0n) is 8.07. The minimum atomic E-state index is -0.740. The molecule has 0 aromatic rings. The van der Waals surface area contributed by atoms with Crippen LogP contribution in [0.25, 0.3) is 0 Å². The van der Waals surface area contributed by atoms with Gasteiger partial charge in [0.1, 0.15) is 6.29 Å². The molecule has 3 heteroatoms. The van der Waals surface area contributed by atoms with Crippen molar-refractivity contribution >= 4 is 6.29 Å². The third kappa shape index (κ3) is 2.51. The van der Waals surface area contributed by atoms with Crippen molar-refractivity contribution in [1.29, 1.82) is 0 Å². The number of carbonyl (C=O) groups excluding carboxylic acids is 1. The smallest absolute Gasteiger partial charge is 0.126 e. The lowest BCUT2D eigenvalue weighted by molar-refractivity contribution is -0.118. The van der Waals surface area contributed by atoms with E-state index in [1.54, 1.807) is 0 Å². The van der Waals surface area contributed by atoms with Crippen LogP contribution in [0.3, 0.4) is 0 Å². The van der Waals surface area contributed by atoms with Gasteiger partial charge in [0.25, 0.3) is 0 Å². The standard InChI is InChI=1S/C10H18O3/c1-8-2-3-10(4-8,7-12)5-9(13)6-11/h7-9,11,13H,2-6H2,1H3. The second-order valence-electron chi connectivity index (χ2n) is 4.37. The number of aliphatic hydroxyl groups excluding tert-OH is 2. The van der Waals surface area contributed by atoms with Gasteiger partial charge in [0.2, 0.25) is 0 Å². The van der Waals surface area contributed by atoms with Crippen LogP contribution in [0, 0.1) is 11.3 Å². The van der Waals surface area contributed by atoms with Crippen molar-refractivity contribution in [1.82, 2.24) is 0 Å². The Kier molecular flexibility index (Phi) is 3.45. The van der Waals surface area contributed by atoms with Gasteiger partial charge >= 0.3 is 0 Å². The van der Waals surface area contributed by atoms with E-state index < -0.39 is 6.10 Å². The molecule has 1 saturated carbocycles. The van der Waals surface area contributed by atoms with Gasteiger partial charge in [-0.2, -0.15) is 0 Å². The van der Waals surface area contributed by atoms with Crippen LogP contribution in [-0.4, -0.2) is 29.2 Å². The maximum atomic E-state index is 10.9. The summed E-state index contributed by atoms with van der Waals surface area (Å²) in [5.74, 6) is 0.566. The number of carbonyl (C=O) groups is 1. The summed E-state index contributed by atoms with van der Waals surface area (Å²) >= 11 is 0. The Labute approximate surface area is 78.8 Å². The average molecular weight is 186 g/mol. The molecule has 3 atom stereocenters. The van der Waals surface area contributed by atoms with Crippen molar-refractivity contribution in [2.24, 2.45) is 11.3 Å². The Morgan fingerprint density at radius 2 is 2.38 bits per heavy atom. The third-order valence-electron chi connectivity index (χ3n) is 2.99. The van der Waals surface area contributed by atoms with Crippen molar-refractivity contribution in [3.05, 3.63) is 0 Å². The van der Waals surface area contributed by atoms with Gasteiger partial charge in [-0.3, -0.25) is 0 Å². The second-order valence-corrected chi connectivity index (χ2v) is 4.37. The highest BCUT2D eigenvalue weighted by molar-refractivity contribution is 5.60. The van der Waals surface area contributed by atoms with Crippen molar-refractivity contribution in [2.45, 2.75) is 38.7 Å². The molecular weight excluding hydrogens is 168 g/mol. The summed E-state index contributed by atoms with van der Waals surface area (Å²) in [6, 6.07) is 0. The average Bonchev–Trinajstić information content (AvgIpc) is 2.48. The van der Waals surface area contributed by atoms with E-state index in [4.69, 9.17) is 5.11 Å². The third-order valence-corrected chi connectivity index (χ3v) is 2.99. The summed E-state index contributed by atoms with van der Waals surface area (Å²) in [4.78, 5) is 10.9. The molecule has 1 fully saturated rings. The maximum absolute atomic E-state index is 10.9. The predicted octanol–water partition coefficient (Wildman–Crippen LogP) is 0.735. The van der Waals surface area contributed by atoms with Crippen LogP contribution >= 0.6 is 0 Å². The molecule has 0 radical (unpaired) electrons. The van der Waals surface area contributed by atoms with Crippen molar-refractivity contribution in [3.63, 3.8) is 0 Å². The molecular formula is C10H18O3. The summed E-state index contributed by atoms with van der Waals surface area (Å²) in [6.45, 7) is 1.88. The van der Waals surface area contributed by atoms with E-state index in [0.29, 0.717) is 12.3 Å². The number of hydrogen-bond donors (Lipinski definition) is 2. The molecule has 2 N–H and O–H groups in total. The molecule has 0 aromatic carbocycles.